The number of fused-ring (bicyclic) bond motifs is 1. The Bertz CT molecular complexity index is 987. The summed E-state index contributed by atoms with van der Waals surface area (Å²) in [6, 6.07) is 11.6. The first-order valence-electron chi connectivity index (χ1n) is 10.9. The van der Waals surface area contributed by atoms with Gasteiger partial charge in [-0.1, -0.05) is 30.7 Å². The number of hydrogen-bond donors (Lipinski definition) is 3. The van der Waals surface area contributed by atoms with E-state index in [1.165, 1.54) is 0 Å². The summed E-state index contributed by atoms with van der Waals surface area (Å²) in [5.41, 5.74) is 1.41. The SMILES string of the molecule is CO[C@H]1CN(C)C(=O)c2ccc(NC(=O)Nc3ccccc3Cl)cc2OC[C@@H](C)NC[C@H]1C. The van der Waals surface area contributed by atoms with Gasteiger partial charge < -0.3 is 30.3 Å². The molecule has 1 aliphatic heterocycles. The number of anilines is 2. The molecule has 9 heteroatoms. The van der Waals surface area contributed by atoms with Crippen molar-refractivity contribution in [2.24, 2.45) is 5.92 Å². The second-order valence-electron chi connectivity index (χ2n) is 8.33. The molecule has 33 heavy (non-hydrogen) atoms. The Morgan fingerprint density at radius 2 is 1.97 bits per heavy atom. The predicted octanol–water partition coefficient (Wildman–Crippen LogP) is 4.08. The molecule has 0 bridgehead atoms. The smallest absolute Gasteiger partial charge is 0.323 e. The molecular weight excluding hydrogens is 444 g/mol. The van der Waals surface area contributed by atoms with E-state index < -0.39 is 6.03 Å². The summed E-state index contributed by atoms with van der Waals surface area (Å²) < 4.78 is 11.6. The van der Waals surface area contributed by atoms with E-state index in [4.69, 9.17) is 21.1 Å². The van der Waals surface area contributed by atoms with Crippen LogP contribution >= 0.6 is 11.6 Å². The average molecular weight is 475 g/mol. The quantitative estimate of drug-likeness (QED) is 0.623. The lowest BCUT2D eigenvalue weighted by atomic mass is 10.0. The molecule has 3 rings (SSSR count). The molecule has 0 aliphatic carbocycles. The van der Waals surface area contributed by atoms with Crippen LogP contribution in [0, 0.1) is 5.92 Å². The highest BCUT2D eigenvalue weighted by Gasteiger charge is 2.25. The lowest BCUT2D eigenvalue weighted by molar-refractivity contribution is 0.0281. The number of halogens is 1. The van der Waals surface area contributed by atoms with Crippen molar-refractivity contribution in [3.05, 3.63) is 53.1 Å². The van der Waals surface area contributed by atoms with Crippen molar-refractivity contribution >= 4 is 34.9 Å². The Morgan fingerprint density at radius 1 is 1.21 bits per heavy atom. The fraction of sp³-hybridized carbons (Fsp3) is 0.417. The topological polar surface area (TPSA) is 91.9 Å². The van der Waals surface area contributed by atoms with Gasteiger partial charge in [-0.15, -0.1) is 0 Å². The molecule has 2 aromatic rings. The maximum absolute atomic E-state index is 13.2. The molecule has 178 valence electrons. The van der Waals surface area contributed by atoms with Gasteiger partial charge in [-0.05, 0) is 37.1 Å². The first-order valence-corrected chi connectivity index (χ1v) is 11.3. The molecule has 1 heterocycles. The molecule has 0 radical (unpaired) electrons. The summed E-state index contributed by atoms with van der Waals surface area (Å²) in [6.07, 6.45) is -0.100. The van der Waals surface area contributed by atoms with E-state index in [0.717, 1.165) is 6.54 Å². The van der Waals surface area contributed by atoms with E-state index in [2.05, 4.69) is 22.9 Å². The molecule has 3 atom stereocenters. The number of ether oxygens (including phenoxy) is 2. The summed E-state index contributed by atoms with van der Waals surface area (Å²) in [7, 11) is 3.41. The van der Waals surface area contributed by atoms with Gasteiger partial charge in [0.05, 0.1) is 22.4 Å². The van der Waals surface area contributed by atoms with Crippen LogP contribution in [0.2, 0.25) is 5.02 Å². The number of amides is 3. The second-order valence-corrected chi connectivity index (χ2v) is 8.73. The standard InChI is InChI=1S/C24H31ClN4O4/c1-15-12-26-16(2)14-33-21-11-17(27-24(31)28-20-8-6-5-7-19(20)25)9-10-18(21)23(30)29(3)13-22(15)32-4/h5-11,15-16,22,26H,12-14H2,1-4H3,(H2,27,28,31)/t15-,16-,22+/m1/s1. The van der Waals surface area contributed by atoms with Crippen LogP contribution in [0.25, 0.3) is 0 Å². The maximum atomic E-state index is 13.2. The molecular formula is C24H31ClN4O4. The van der Waals surface area contributed by atoms with E-state index in [9.17, 15) is 9.59 Å². The van der Waals surface area contributed by atoms with Crippen LogP contribution in [0.1, 0.15) is 24.2 Å². The minimum absolute atomic E-state index is 0.0604. The Hall–Kier alpha value is -2.81. The molecule has 0 fully saturated rings. The minimum Gasteiger partial charge on any atom is -0.491 e. The third-order valence-electron chi connectivity index (χ3n) is 5.61. The van der Waals surface area contributed by atoms with Crippen molar-refractivity contribution in [3.63, 3.8) is 0 Å². The molecule has 0 unspecified atom stereocenters. The lowest BCUT2D eigenvalue weighted by Crippen LogP contribution is -2.44. The number of nitrogens with zero attached hydrogens (tertiary/aromatic N) is 1. The highest BCUT2D eigenvalue weighted by atomic mass is 35.5. The number of likely N-dealkylation sites (N-methyl/N-ethyl adjacent to an activating group) is 1. The van der Waals surface area contributed by atoms with Crippen molar-refractivity contribution in [3.8, 4) is 5.75 Å². The summed E-state index contributed by atoms with van der Waals surface area (Å²) in [6.45, 7) is 5.67. The number of benzene rings is 2. The van der Waals surface area contributed by atoms with Crippen LogP contribution in [-0.2, 0) is 4.74 Å². The number of urea groups is 1. The van der Waals surface area contributed by atoms with Gasteiger partial charge in [0.1, 0.15) is 12.4 Å². The van der Waals surface area contributed by atoms with Gasteiger partial charge in [0.15, 0.2) is 0 Å². The van der Waals surface area contributed by atoms with Gasteiger partial charge >= 0.3 is 6.03 Å². The molecule has 2 aromatic carbocycles. The fourth-order valence-electron chi connectivity index (χ4n) is 3.58. The molecule has 3 N–H and O–H groups in total. The molecule has 0 saturated carbocycles. The van der Waals surface area contributed by atoms with Crippen molar-refractivity contribution in [1.82, 2.24) is 10.2 Å². The first-order chi connectivity index (χ1) is 15.8. The zero-order valence-corrected chi connectivity index (χ0v) is 20.1. The van der Waals surface area contributed by atoms with E-state index in [1.54, 1.807) is 61.5 Å². The number of carbonyl (C=O) groups excluding carboxylic acids is 2. The molecule has 8 nitrogen and oxygen atoms in total. The summed E-state index contributed by atoms with van der Waals surface area (Å²) in [4.78, 5) is 27.3. The monoisotopic (exact) mass is 474 g/mol. The molecule has 0 aromatic heterocycles. The fourth-order valence-corrected chi connectivity index (χ4v) is 3.76. The minimum atomic E-state index is -0.452. The Balaban J connectivity index is 1.81. The molecule has 0 saturated heterocycles. The van der Waals surface area contributed by atoms with Crippen LogP contribution in [0.15, 0.2) is 42.5 Å². The number of para-hydroxylation sites is 1. The number of carbonyl (C=O) groups is 2. The van der Waals surface area contributed by atoms with Crippen molar-refractivity contribution in [1.29, 1.82) is 0 Å². The molecule has 1 aliphatic rings. The largest absolute Gasteiger partial charge is 0.491 e. The predicted molar refractivity (Wildman–Crippen MR) is 130 cm³/mol. The van der Waals surface area contributed by atoms with E-state index in [-0.39, 0.29) is 24.0 Å². The van der Waals surface area contributed by atoms with Crippen molar-refractivity contribution < 1.29 is 19.1 Å². The van der Waals surface area contributed by atoms with E-state index in [1.807, 2.05) is 6.92 Å². The van der Waals surface area contributed by atoms with Crippen LogP contribution in [0.4, 0.5) is 16.2 Å². The van der Waals surface area contributed by atoms with Crippen molar-refractivity contribution in [2.45, 2.75) is 26.0 Å². The Labute approximate surface area is 199 Å². The van der Waals surface area contributed by atoms with Crippen LogP contribution < -0.4 is 20.7 Å². The van der Waals surface area contributed by atoms with Crippen LogP contribution in [0.3, 0.4) is 0 Å². The van der Waals surface area contributed by atoms with Crippen LogP contribution in [0.5, 0.6) is 5.75 Å². The van der Waals surface area contributed by atoms with Gasteiger partial charge in [0.25, 0.3) is 5.91 Å². The number of nitrogens with one attached hydrogen (secondary N) is 3. The van der Waals surface area contributed by atoms with Gasteiger partial charge in [-0.3, -0.25) is 4.79 Å². The first kappa shape index (κ1) is 24.8. The van der Waals surface area contributed by atoms with E-state index in [0.29, 0.717) is 40.9 Å². The van der Waals surface area contributed by atoms with E-state index >= 15 is 0 Å². The zero-order valence-electron chi connectivity index (χ0n) is 19.4. The maximum Gasteiger partial charge on any atom is 0.323 e. The zero-order chi connectivity index (χ0) is 24.0. The van der Waals surface area contributed by atoms with Crippen molar-refractivity contribution in [2.75, 3.05) is 44.5 Å². The van der Waals surface area contributed by atoms with Gasteiger partial charge in [-0.2, -0.15) is 0 Å². The molecule has 3 amide bonds. The number of methoxy groups -OCH3 is 1. The van der Waals surface area contributed by atoms with Gasteiger partial charge in [0.2, 0.25) is 0 Å². The van der Waals surface area contributed by atoms with Gasteiger partial charge in [0, 0.05) is 45.0 Å². The van der Waals surface area contributed by atoms with Crippen LogP contribution in [-0.4, -0.2) is 62.8 Å². The summed E-state index contributed by atoms with van der Waals surface area (Å²) in [5, 5.41) is 9.36. The third-order valence-corrected chi connectivity index (χ3v) is 5.94. The Kier molecular flexibility index (Phi) is 8.55. The Morgan fingerprint density at radius 3 is 2.70 bits per heavy atom. The highest BCUT2D eigenvalue weighted by Crippen LogP contribution is 2.27. The summed E-state index contributed by atoms with van der Waals surface area (Å²) in [5.74, 6) is 0.445. The number of hydrogen-bond acceptors (Lipinski definition) is 5. The highest BCUT2D eigenvalue weighted by molar-refractivity contribution is 6.33. The second kappa shape index (κ2) is 11.4. The lowest BCUT2D eigenvalue weighted by Gasteiger charge is -2.30. The normalized spacial score (nSPS) is 21.8. The van der Waals surface area contributed by atoms with Gasteiger partial charge in [-0.25, -0.2) is 4.79 Å². The summed E-state index contributed by atoms with van der Waals surface area (Å²) >= 11 is 6.11. The molecule has 0 spiro atoms. The third kappa shape index (κ3) is 6.60. The number of rotatable bonds is 3. The average Bonchev–Trinajstić information content (AvgIpc) is 2.80.